The van der Waals surface area contributed by atoms with Crippen molar-refractivity contribution in [2.75, 3.05) is 6.61 Å². The van der Waals surface area contributed by atoms with Crippen molar-refractivity contribution in [3.05, 3.63) is 42.1 Å². The first kappa shape index (κ1) is 16.4. The maximum atomic E-state index is 12.0. The van der Waals surface area contributed by atoms with Gasteiger partial charge >= 0.3 is 6.03 Å². The Kier molecular flexibility index (Phi) is 5.10. The van der Waals surface area contributed by atoms with Gasteiger partial charge in [0.05, 0.1) is 12.1 Å². The lowest BCUT2D eigenvalue weighted by molar-refractivity contribution is 0.0860. The van der Waals surface area contributed by atoms with Crippen molar-refractivity contribution in [3.63, 3.8) is 0 Å². The number of rotatable bonds is 5. The summed E-state index contributed by atoms with van der Waals surface area (Å²) < 4.78 is 7.49. The Hall–Kier alpha value is -2.41. The van der Waals surface area contributed by atoms with Crippen molar-refractivity contribution in [1.82, 2.24) is 25.2 Å². The summed E-state index contributed by atoms with van der Waals surface area (Å²) >= 11 is 0. The van der Waals surface area contributed by atoms with Gasteiger partial charge in [-0.25, -0.2) is 14.8 Å². The lowest BCUT2D eigenvalue weighted by atomic mass is 10.1. The molecule has 2 aromatic heterocycles. The second-order valence-electron chi connectivity index (χ2n) is 6.03. The normalized spacial score (nSPS) is 18.3. The number of carbonyl (C=O) groups is 1. The van der Waals surface area contributed by atoms with E-state index in [9.17, 15) is 4.79 Å². The molecule has 128 valence electrons. The summed E-state index contributed by atoms with van der Waals surface area (Å²) in [6, 6.07) is 3.65. The van der Waals surface area contributed by atoms with Crippen LogP contribution in [0, 0.1) is 6.92 Å². The number of imidazole rings is 1. The molecule has 3 rings (SSSR count). The van der Waals surface area contributed by atoms with Crippen LogP contribution in [0.1, 0.15) is 31.2 Å². The first-order valence-corrected chi connectivity index (χ1v) is 8.24. The van der Waals surface area contributed by atoms with E-state index in [1.54, 1.807) is 12.4 Å². The zero-order valence-electron chi connectivity index (χ0n) is 14.0. The van der Waals surface area contributed by atoms with E-state index in [1.165, 1.54) is 0 Å². The fourth-order valence-electron chi connectivity index (χ4n) is 2.85. The Morgan fingerprint density at radius 1 is 1.46 bits per heavy atom. The van der Waals surface area contributed by atoms with E-state index in [0.29, 0.717) is 6.54 Å². The number of ether oxygens (including phenoxy) is 1. The molecule has 0 unspecified atom stereocenters. The predicted molar refractivity (Wildman–Crippen MR) is 89.9 cm³/mol. The van der Waals surface area contributed by atoms with E-state index in [0.717, 1.165) is 36.7 Å². The van der Waals surface area contributed by atoms with Gasteiger partial charge in [-0.2, -0.15) is 0 Å². The first-order valence-electron chi connectivity index (χ1n) is 8.24. The van der Waals surface area contributed by atoms with E-state index >= 15 is 0 Å². The van der Waals surface area contributed by atoms with E-state index in [-0.39, 0.29) is 18.2 Å². The average molecular weight is 329 g/mol. The van der Waals surface area contributed by atoms with Crippen LogP contribution in [0.3, 0.4) is 0 Å². The minimum absolute atomic E-state index is 0.00843. The molecular weight excluding hydrogens is 306 g/mol. The van der Waals surface area contributed by atoms with Gasteiger partial charge in [-0.3, -0.25) is 4.57 Å². The van der Waals surface area contributed by atoms with Crippen LogP contribution >= 0.6 is 0 Å². The number of amides is 2. The van der Waals surface area contributed by atoms with E-state index in [1.807, 2.05) is 36.7 Å². The molecule has 2 aromatic rings. The Bertz CT molecular complexity index is 694. The van der Waals surface area contributed by atoms with Gasteiger partial charge in [0.15, 0.2) is 0 Å². The molecular formula is C17H23N5O2. The van der Waals surface area contributed by atoms with Gasteiger partial charge in [-0.15, -0.1) is 0 Å². The third-order valence-electron chi connectivity index (χ3n) is 4.22. The van der Waals surface area contributed by atoms with Crippen LogP contribution < -0.4 is 10.6 Å². The number of aryl methyl sites for hydroxylation is 1. The van der Waals surface area contributed by atoms with Gasteiger partial charge in [-0.05, 0) is 44.4 Å². The van der Waals surface area contributed by atoms with Gasteiger partial charge in [0, 0.05) is 31.7 Å². The maximum absolute atomic E-state index is 12.0. The number of carbonyl (C=O) groups excluding carboxylic acids is 1. The van der Waals surface area contributed by atoms with E-state index < -0.39 is 0 Å². The molecule has 24 heavy (non-hydrogen) atoms. The Labute approximate surface area is 141 Å². The number of hydrogen-bond acceptors (Lipinski definition) is 4. The van der Waals surface area contributed by atoms with Crippen molar-refractivity contribution in [1.29, 1.82) is 0 Å². The molecule has 1 fully saturated rings. The lowest BCUT2D eigenvalue weighted by Gasteiger charge is -2.20. The highest BCUT2D eigenvalue weighted by Gasteiger charge is 2.23. The fourth-order valence-corrected chi connectivity index (χ4v) is 2.85. The quantitative estimate of drug-likeness (QED) is 0.878. The van der Waals surface area contributed by atoms with Crippen molar-refractivity contribution in [3.8, 4) is 5.82 Å². The minimum Gasteiger partial charge on any atom is -0.376 e. The van der Waals surface area contributed by atoms with Crippen LogP contribution in [0.15, 0.2) is 30.7 Å². The van der Waals surface area contributed by atoms with Crippen molar-refractivity contribution >= 4 is 6.03 Å². The van der Waals surface area contributed by atoms with Gasteiger partial charge in [0.25, 0.3) is 0 Å². The molecule has 7 nitrogen and oxygen atoms in total. The standard InChI is InChI=1S/C17H23N5O2/c1-12(15-4-3-9-24-15)21-17(23)20-11-14-5-6-19-16(10-14)22-8-7-18-13(22)2/h5-8,10,12,15H,3-4,9,11H2,1-2H3,(H2,20,21,23)/t12-,15-/m1/s1. The lowest BCUT2D eigenvalue weighted by Crippen LogP contribution is -2.45. The minimum atomic E-state index is -0.185. The molecule has 1 aliphatic rings. The number of hydrogen-bond donors (Lipinski definition) is 2. The average Bonchev–Trinajstić information content (AvgIpc) is 3.24. The zero-order valence-corrected chi connectivity index (χ0v) is 14.0. The van der Waals surface area contributed by atoms with Gasteiger partial charge in [0.1, 0.15) is 11.6 Å². The van der Waals surface area contributed by atoms with E-state index in [2.05, 4.69) is 20.6 Å². The molecule has 0 aromatic carbocycles. The molecule has 0 radical (unpaired) electrons. The molecule has 1 saturated heterocycles. The number of nitrogens with one attached hydrogen (secondary N) is 2. The monoisotopic (exact) mass is 329 g/mol. The van der Waals surface area contributed by atoms with E-state index in [4.69, 9.17) is 4.74 Å². The zero-order chi connectivity index (χ0) is 16.9. The summed E-state index contributed by atoms with van der Waals surface area (Å²) in [5, 5.41) is 5.82. The second-order valence-corrected chi connectivity index (χ2v) is 6.03. The third kappa shape index (κ3) is 3.91. The number of urea groups is 1. The van der Waals surface area contributed by atoms with Gasteiger partial charge < -0.3 is 15.4 Å². The fraction of sp³-hybridized carbons (Fsp3) is 0.471. The molecule has 2 N–H and O–H groups in total. The molecule has 7 heteroatoms. The van der Waals surface area contributed by atoms with Crippen molar-refractivity contribution < 1.29 is 9.53 Å². The number of pyridine rings is 1. The van der Waals surface area contributed by atoms with Crippen molar-refractivity contribution in [2.24, 2.45) is 0 Å². The second kappa shape index (κ2) is 7.44. The largest absolute Gasteiger partial charge is 0.376 e. The van der Waals surface area contributed by atoms with Crippen LogP contribution in [-0.4, -0.2) is 39.3 Å². The molecule has 0 aliphatic carbocycles. The van der Waals surface area contributed by atoms with Crippen LogP contribution in [0.2, 0.25) is 0 Å². The smallest absolute Gasteiger partial charge is 0.315 e. The molecule has 1 aliphatic heterocycles. The highest BCUT2D eigenvalue weighted by Crippen LogP contribution is 2.15. The highest BCUT2D eigenvalue weighted by molar-refractivity contribution is 5.74. The molecule has 3 heterocycles. The van der Waals surface area contributed by atoms with Crippen LogP contribution in [0.5, 0.6) is 0 Å². The number of nitrogens with zero attached hydrogens (tertiary/aromatic N) is 3. The van der Waals surface area contributed by atoms with Gasteiger partial charge in [0.2, 0.25) is 0 Å². The third-order valence-corrected chi connectivity index (χ3v) is 4.22. The SMILES string of the molecule is Cc1nccn1-c1cc(CNC(=O)N[C@H](C)[C@H]2CCCO2)ccn1. The van der Waals surface area contributed by atoms with Crippen LogP contribution in [0.4, 0.5) is 4.79 Å². The summed E-state index contributed by atoms with van der Waals surface area (Å²) in [7, 11) is 0. The Balaban J connectivity index is 1.54. The number of aromatic nitrogens is 3. The first-order chi connectivity index (χ1) is 11.6. The topological polar surface area (TPSA) is 81.1 Å². The summed E-state index contributed by atoms with van der Waals surface area (Å²) in [6.45, 7) is 5.12. The summed E-state index contributed by atoms with van der Waals surface area (Å²) in [4.78, 5) is 20.6. The predicted octanol–water partition coefficient (Wildman–Crippen LogP) is 1.94. The molecule has 0 spiro atoms. The maximum Gasteiger partial charge on any atom is 0.315 e. The molecule has 0 saturated carbocycles. The van der Waals surface area contributed by atoms with Crippen LogP contribution in [0.25, 0.3) is 5.82 Å². The Morgan fingerprint density at radius 3 is 3.04 bits per heavy atom. The Morgan fingerprint density at radius 2 is 2.33 bits per heavy atom. The summed E-state index contributed by atoms with van der Waals surface area (Å²) in [6.07, 6.45) is 7.52. The molecule has 0 bridgehead atoms. The summed E-state index contributed by atoms with van der Waals surface area (Å²) in [5.74, 6) is 1.66. The van der Waals surface area contributed by atoms with Crippen LogP contribution in [-0.2, 0) is 11.3 Å². The van der Waals surface area contributed by atoms with Gasteiger partial charge in [-0.1, -0.05) is 0 Å². The molecule has 2 amide bonds. The molecule has 2 atom stereocenters. The summed E-state index contributed by atoms with van der Waals surface area (Å²) in [5.41, 5.74) is 0.980. The van der Waals surface area contributed by atoms with Crippen molar-refractivity contribution in [2.45, 2.75) is 45.4 Å². The highest BCUT2D eigenvalue weighted by atomic mass is 16.5.